The highest BCUT2D eigenvalue weighted by atomic mass is 16.5. The fourth-order valence-electron chi connectivity index (χ4n) is 1.50. The van der Waals surface area contributed by atoms with Crippen molar-refractivity contribution in [3.63, 3.8) is 0 Å². The first-order valence-corrected chi connectivity index (χ1v) is 5.17. The van der Waals surface area contributed by atoms with E-state index in [9.17, 15) is 4.79 Å². The zero-order valence-electron chi connectivity index (χ0n) is 8.86. The van der Waals surface area contributed by atoms with E-state index in [4.69, 9.17) is 4.74 Å². The van der Waals surface area contributed by atoms with E-state index in [2.05, 4.69) is 11.7 Å². The molecule has 0 aliphatic carbocycles. The van der Waals surface area contributed by atoms with Crippen LogP contribution in [0.15, 0.2) is 12.2 Å². The molecule has 0 radical (unpaired) electrons. The molecule has 80 valence electrons. The van der Waals surface area contributed by atoms with Gasteiger partial charge < -0.3 is 9.47 Å². The molecule has 1 rings (SSSR count). The van der Waals surface area contributed by atoms with Gasteiger partial charge in [-0.3, -0.25) is 4.79 Å². The molecule has 1 heterocycles. The summed E-state index contributed by atoms with van der Waals surface area (Å²) < 4.78 is 10.2. The normalized spacial score (nSPS) is 25.3. The maximum atomic E-state index is 11.0. The maximum absolute atomic E-state index is 11.0. The van der Waals surface area contributed by atoms with E-state index in [1.165, 1.54) is 20.0 Å². The fourth-order valence-corrected chi connectivity index (χ4v) is 1.50. The van der Waals surface area contributed by atoms with Crippen LogP contribution in [-0.2, 0) is 14.3 Å². The van der Waals surface area contributed by atoms with Crippen molar-refractivity contribution in [3.8, 4) is 0 Å². The van der Waals surface area contributed by atoms with Crippen LogP contribution in [-0.4, -0.2) is 25.3 Å². The van der Waals surface area contributed by atoms with Crippen LogP contribution in [0.4, 0.5) is 0 Å². The van der Waals surface area contributed by atoms with E-state index >= 15 is 0 Å². The molecule has 2 atom stereocenters. The molecule has 3 heteroatoms. The van der Waals surface area contributed by atoms with Crippen molar-refractivity contribution in [1.82, 2.24) is 0 Å². The van der Waals surface area contributed by atoms with Gasteiger partial charge >= 0.3 is 5.97 Å². The van der Waals surface area contributed by atoms with Crippen LogP contribution < -0.4 is 0 Å². The number of methoxy groups -OCH3 is 1. The quantitative estimate of drug-likeness (QED) is 0.501. The van der Waals surface area contributed by atoms with Gasteiger partial charge in [0.25, 0.3) is 0 Å². The third-order valence-electron chi connectivity index (χ3n) is 2.33. The van der Waals surface area contributed by atoms with Crippen LogP contribution in [0.5, 0.6) is 0 Å². The first-order chi connectivity index (χ1) is 6.76. The standard InChI is InChI=1S/C11H18O3/c1-3-4-5-9-6-7-10(14-9)8-11(12)13-2/h6-7,9-10H,3-5,8H2,1-2H3/t9-,10+/m1/s1. The maximum Gasteiger partial charge on any atom is 0.308 e. The molecule has 1 aliphatic rings. The molecule has 1 aliphatic heterocycles. The molecule has 0 fully saturated rings. The Balaban J connectivity index is 2.21. The number of unbranched alkanes of at least 4 members (excludes halogenated alkanes) is 1. The lowest BCUT2D eigenvalue weighted by atomic mass is 10.2. The van der Waals surface area contributed by atoms with Crippen molar-refractivity contribution in [3.05, 3.63) is 12.2 Å². The second-order valence-electron chi connectivity index (χ2n) is 3.52. The molecule has 0 aromatic heterocycles. The highest BCUT2D eigenvalue weighted by molar-refractivity contribution is 5.70. The Labute approximate surface area is 85.1 Å². The van der Waals surface area contributed by atoms with Crippen molar-refractivity contribution in [2.75, 3.05) is 7.11 Å². The topological polar surface area (TPSA) is 35.5 Å². The lowest BCUT2D eigenvalue weighted by Gasteiger charge is -2.12. The second-order valence-corrected chi connectivity index (χ2v) is 3.52. The summed E-state index contributed by atoms with van der Waals surface area (Å²) in [7, 11) is 1.40. The Morgan fingerprint density at radius 1 is 1.43 bits per heavy atom. The first kappa shape index (κ1) is 11.2. The summed E-state index contributed by atoms with van der Waals surface area (Å²) in [6.07, 6.45) is 7.84. The molecule has 0 amide bonds. The van der Waals surface area contributed by atoms with E-state index in [1.807, 2.05) is 12.2 Å². The Hall–Kier alpha value is -0.830. The van der Waals surface area contributed by atoms with E-state index in [-0.39, 0.29) is 18.2 Å². The summed E-state index contributed by atoms with van der Waals surface area (Å²) in [5, 5.41) is 0. The Morgan fingerprint density at radius 3 is 2.79 bits per heavy atom. The smallest absolute Gasteiger partial charge is 0.308 e. The highest BCUT2D eigenvalue weighted by Gasteiger charge is 2.21. The molecule has 0 saturated carbocycles. The fraction of sp³-hybridized carbons (Fsp3) is 0.727. The average molecular weight is 198 g/mol. The molecular weight excluding hydrogens is 180 g/mol. The van der Waals surface area contributed by atoms with Gasteiger partial charge in [-0.2, -0.15) is 0 Å². The summed E-state index contributed by atoms with van der Waals surface area (Å²) in [5.74, 6) is -0.212. The third-order valence-corrected chi connectivity index (χ3v) is 2.33. The monoisotopic (exact) mass is 198 g/mol. The van der Waals surface area contributed by atoms with Crippen LogP contribution in [0, 0.1) is 0 Å². The van der Waals surface area contributed by atoms with Gasteiger partial charge in [0.1, 0.15) is 0 Å². The predicted octanol–water partition coefficient (Wildman–Crippen LogP) is 2.06. The number of hydrogen-bond donors (Lipinski definition) is 0. The zero-order chi connectivity index (χ0) is 10.4. The molecule has 0 spiro atoms. The van der Waals surface area contributed by atoms with Gasteiger partial charge in [0.05, 0.1) is 25.7 Å². The number of ether oxygens (including phenoxy) is 2. The zero-order valence-corrected chi connectivity index (χ0v) is 8.86. The minimum absolute atomic E-state index is 0.0793. The van der Waals surface area contributed by atoms with Crippen molar-refractivity contribution in [2.45, 2.75) is 44.8 Å². The summed E-state index contributed by atoms with van der Waals surface area (Å²) in [6, 6.07) is 0. The Morgan fingerprint density at radius 2 is 2.14 bits per heavy atom. The average Bonchev–Trinajstić information content (AvgIpc) is 2.62. The molecule has 0 saturated heterocycles. The van der Waals surface area contributed by atoms with Gasteiger partial charge in [-0.1, -0.05) is 31.9 Å². The number of hydrogen-bond acceptors (Lipinski definition) is 3. The Kier molecular flexibility index (Phi) is 4.66. The number of carbonyl (C=O) groups excluding carboxylic acids is 1. The van der Waals surface area contributed by atoms with E-state index in [0.717, 1.165) is 6.42 Å². The second kappa shape index (κ2) is 5.81. The molecule has 0 aromatic carbocycles. The van der Waals surface area contributed by atoms with E-state index < -0.39 is 0 Å². The third kappa shape index (κ3) is 3.50. The van der Waals surface area contributed by atoms with Gasteiger partial charge in [0, 0.05) is 0 Å². The molecule has 3 nitrogen and oxygen atoms in total. The molecule has 0 aromatic rings. The van der Waals surface area contributed by atoms with Gasteiger partial charge in [-0.05, 0) is 6.42 Å². The van der Waals surface area contributed by atoms with E-state index in [0.29, 0.717) is 6.42 Å². The van der Waals surface area contributed by atoms with Crippen LogP contribution in [0.3, 0.4) is 0 Å². The summed E-state index contributed by atoms with van der Waals surface area (Å²) in [6.45, 7) is 2.16. The van der Waals surface area contributed by atoms with Crippen molar-refractivity contribution in [2.24, 2.45) is 0 Å². The minimum atomic E-state index is -0.212. The minimum Gasteiger partial charge on any atom is -0.469 e. The van der Waals surface area contributed by atoms with Crippen LogP contribution in [0.2, 0.25) is 0 Å². The Bertz CT molecular complexity index is 211. The lowest BCUT2D eigenvalue weighted by molar-refractivity contribution is -0.143. The molecule has 0 bridgehead atoms. The number of carbonyl (C=O) groups is 1. The number of rotatable bonds is 5. The van der Waals surface area contributed by atoms with Gasteiger partial charge in [-0.25, -0.2) is 0 Å². The molecule has 0 unspecified atom stereocenters. The van der Waals surface area contributed by atoms with Crippen molar-refractivity contribution < 1.29 is 14.3 Å². The summed E-state index contributed by atoms with van der Waals surface area (Å²) in [5.41, 5.74) is 0. The SMILES string of the molecule is CCCC[C@@H]1C=C[C@@H](CC(=O)OC)O1. The van der Waals surface area contributed by atoms with Gasteiger partial charge in [0.2, 0.25) is 0 Å². The largest absolute Gasteiger partial charge is 0.469 e. The predicted molar refractivity (Wildman–Crippen MR) is 54.0 cm³/mol. The summed E-state index contributed by atoms with van der Waals surface area (Å²) in [4.78, 5) is 11.0. The van der Waals surface area contributed by atoms with Crippen molar-refractivity contribution >= 4 is 5.97 Å². The van der Waals surface area contributed by atoms with Gasteiger partial charge in [0.15, 0.2) is 0 Å². The molecule has 0 N–H and O–H groups in total. The van der Waals surface area contributed by atoms with E-state index in [1.54, 1.807) is 0 Å². The van der Waals surface area contributed by atoms with Crippen LogP contribution in [0.1, 0.15) is 32.6 Å². The number of esters is 1. The van der Waals surface area contributed by atoms with Crippen LogP contribution in [0.25, 0.3) is 0 Å². The molecular formula is C11H18O3. The van der Waals surface area contributed by atoms with Crippen molar-refractivity contribution in [1.29, 1.82) is 0 Å². The van der Waals surface area contributed by atoms with Crippen LogP contribution >= 0.6 is 0 Å². The highest BCUT2D eigenvalue weighted by Crippen LogP contribution is 2.18. The first-order valence-electron chi connectivity index (χ1n) is 5.17. The lowest BCUT2D eigenvalue weighted by Crippen LogP contribution is -2.17. The summed E-state index contributed by atoms with van der Waals surface area (Å²) >= 11 is 0. The molecule has 14 heavy (non-hydrogen) atoms. The van der Waals surface area contributed by atoms with Gasteiger partial charge in [-0.15, -0.1) is 0 Å².